The van der Waals surface area contributed by atoms with Gasteiger partial charge in [0, 0.05) is 44.7 Å². The van der Waals surface area contributed by atoms with Crippen LogP contribution in [0.1, 0.15) is 25.7 Å². The predicted molar refractivity (Wildman–Crippen MR) is 115 cm³/mol. The Morgan fingerprint density at radius 3 is 2.46 bits per heavy atom. The number of rotatable bonds is 6. The van der Waals surface area contributed by atoms with Gasteiger partial charge in [0.25, 0.3) is 0 Å². The lowest BCUT2D eigenvalue weighted by atomic mass is 9.85. The highest BCUT2D eigenvalue weighted by Crippen LogP contribution is 2.25. The van der Waals surface area contributed by atoms with Crippen molar-refractivity contribution in [1.29, 1.82) is 0 Å². The van der Waals surface area contributed by atoms with Crippen LogP contribution in [0, 0.1) is 5.92 Å². The van der Waals surface area contributed by atoms with E-state index in [0.717, 1.165) is 57.6 Å². The number of amides is 1. The lowest BCUT2D eigenvalue weighted by Crippen LogP contribution is -2.52. The highest BCUT2D eigenvalue weighted by Gasteiger charge is 2.31. The summed E-state index contributed by atoms with van der Waals surface area (Å²) in [6.07, 6.45) is 3.37. The second-order valence-corrected chi connectivity index (χ2v) is 7.53. The summed E-state index contributed by atoms with van der Waals surface area (Å²) in [6.45, 7) is 3.92. The number of hydrogen-bond donors (Lipinski definition) is 2. The average Bonchev–Trinajstić information content (AvgIpc) is 2.67. The average molecular weight is 434 g/mol. The van der Waals surface area contributed by atoms with Crippen LogP contribution in [0.3, 0.4) is 0 Å². The van der Waals surface area contributed by atoms with Crippen molar-refractivity contribution in [2.45, 2.75) is 37.8 Å². The molecular formula is C20H33Cl2N3O3. The first kappa shape index (κ1) is 25.0. The summed E-state index contributed by atoms with van der Waals surface area (Å²) in [5, 5.41) is 10.2. The molecule has 0 spiro atoms. The van der Waals surface area contributed by atoms with Gasteiger partial charge >= 0.3 is 0 Å². The summed E-state index contributed by atoms with van der Waals surface area (Å²) in [5.41, 5.74) is 6.02. The fourth-order valence-electron chi connectivity index (χ4n) is 3.92. The number of aliphatic hydroxyl groups excluding tert-OH is 1. The quantitative estimate of drug-likeness (QED) is 0.716. The monoisotopic (exact) mass is 433 g/mol. The van der Waals surface area contributed by atoms with Gasteiger partial charge in [-0.15, -0.1) is 24.8 Å². The maximum Gasteiger partial charge on any atom is 0.225 e. The molecule has 1 heterocycles. The Kier molecular flexibility index (Phi) is 11.2. The van der Waals surface area contributed by atoms with E-state index >= 15 is 0 Å². The van der Waals surface area contributed by atoms with Crippen LogP contribution in [-0.2, 0) is 4.79 Å². The van der Waals surface area contributed by atoms with Gasteiger partial charge in [0.15, 0.2) is 0 Å². The van der Waals surface area contributed by atoms with Crippen molar-refractivity contribution in [3.05, 3.63) is 30.3 Å². The molecule has 1 aromatic rings. The number of carbonyl (C=O) groups excluding carboxylic acids is 1. The van der Waals surface area contributed by atoms with Crippen LogP contribution in [0.2, 0.25) is 0 Å². The van der Waals surface area contributed by atoms with Crippen molar-refractivity contribution < 1.29 is 14.6 Å². The zero-order chi connectivity index (χ0) is 18.4. The molecular weight excluding hydrogens is 401 g/mol. The Morgan fingerprint density at radius 2 is 1.82 bits per heavy atom. The first-order valence-corrected chi connectivity index (χ1v) is 9.74. The molecule has 28 heavy (non-hydrogen) atoms. The molecule has 160 valence electrons. The van der Waals surface area contributed by atoms with Crippen LogP contribution >= 0.6 is 24.8 Å². The molecule has 6 nitrogen and oxygen atoms in total. The minimum absolute atomic E-state index is 0. The number of benzene rings is 1. The third-order valence-electron chi connectivity index (χ3n) is 5.40. The normalized spacial score (nSPS) is 23.9. The molecule has 1 aliphatic heterocycles. The van der Waals surface area contributed by atoms with Gasteiger partial charge < -0.3 is 20.5 Å². The predicted octanol–water partition coefficient (Wildman–Crippen LogP) is 1.93. The molecule has 1 saturated carbocycles. The van der Waals surface area contributed by atoms with E-state index in [1.165, 1.54) is 0 Å². The van der Waals surface area contributed by atoms with Gasteiger partial charge in [-0.3, -0.25) is 9.69 Å². The maximum absolute atomic E-state index is 12.7. The molecule has 0 bridgehead atoms. The number of hydrogen-bond acceptors (Lipinski definition) is 5. The van der Waals surface area contributed by atoms with Crippen molar-refractivity contribution in [3.63, 3.8) is 0 Å². The Morgan fingerprint density at radius 1 is 1.14 bits per heavy atom. The highest BCUT2D eigenvalue weighted by molar-refractivity contribution is 5.85. The largest absolute Gasteiger partial charge is 0.491 e. The highest BCUT2D eigenvalue weighted by atomic mass is 35.5. The van der Waals surface area contributed by atoms with Gasteiger partial charge in [-0.2, -0.15) is 0 Å². The minimum atomic E-state index is -0.534. The van der Waals surface area contributed by atoms with E-state index in [2.05, 4.69) is 4.90 Å². The molecule has 1 amide bonds. The number of halogens is 2. The number of ether oxygens (including phenoxy) is 1. The van der Waals surface area contributed by atoms with Crippen LogP contribution in [0.5, 0.6) is 5.75 Å². The summed E-state index contributed by atoms with van der Waals surface area (Å²) >= 11 is 0. The Labute approximate surface area is 180 Å². The van der Waals surface area contributed by atoms with E-state index in [4.69, 9.17) is 10.5 Å². The van der Waals surface area contributed by atoms with Crippen molar-refractivity contribution in [2.75, 3.05) is 39.3 Å². The molecule has 1 aliphatic carbocycles. The van der Waals surface area contributed by atoms with Crippen molar-refractivity contribution in [2.24, 2.45) is 11.7 Å². The number of para-hydroxylation sites is 1. The zero-order valence-electron chi connectivity index (χ0n) is 16.2. The molecule has 3 unspecified atom stereocenters. The van der Waals surface area contributed by atoms with E-state index in [1.807, 2.05) is 35.2 Å². The van der Waals surface area contributed by atoms with Gasteiger partial charge in [-0.05, 0) is 31.4 Å². The molecule has 0 radical (unpaired) electrons. The number of nitrogens with zero attached hydrogens (tertiary/aromatic N) is 2. The standard InChI is InChI=1S/C20H31N3O3.2ClH/c21-17-6-4-5-16(13-17)20(25)23-11-9-22(10-12-23)14-18(24)15-26-19-7-2-1-3-8-19;;/h1-3,7-8,16-18,24H,4-6,9-15,21H2;2*1H. The van der Waals surface area contributed by atoms with Crippen LogP contribution < -0.4 is 10.5 Å². The number of carbonyl (C=O) groups is 1. The smallest absolute Gasteiger partial charge is 0.225 e. The summed E-state index contributed by atoms with van der Waals surface area (Å²) in [5.74, 6) is 1.15. The van der Waals surface area contributed by atoms with Crippen LogP contribution in [0.15, 0.2) is 30.3 Å². The topological polar surface area (TPSA) is 79.0 Å². The van der Waals surface area contributed by atoms with E-state index in [1.54, 1.807) is 0 Å². The molecule has 1 aromatic carbocycles. The molecule has 1 saturated heterocycles. The summed E-state index contributed by atoms with van der Waals surface area (Å²) in [6, 6.07) is 9.71. The van der Waals surface area contributed by atoms with Gasteiger partial charge in [0.1, 0.15) is 18.5 Å². The van der Waals surface area contributed by atoms with Crippen molar-refractivity contribution >= 4 is 30.7 Å². The summed E-state index contributed by atoms with van der Waals surface area (Å²) in [7, 11) is 0. The lowest BCUT2D eigenvalue weighted by molar-refractivity contribution is -0.138. The molecule has 3 atom stereocenters. The Bertz CT molecular complexity index is 571. The number of aliphatic hydroxyl groups is 1. The van der Waals surface area contributed by atoms with Crippen LogP contribution in [0.4, 0.5) is 0 Å². The fraction of sp³-hybridized carbons (Fsp3) is 0.650. The third-order valence-corrected chi connectivity index (χ3v) is 5.40. The second kappa shape index (κ2) is 12.5. The van der Waals surface area contributed by atoms with Gasteiger partial charge in [-0.25, -0.2) is 0 Å². The Hall–Kier alpha value is -1.05. The van der Waals surface area contributed by atoms with E-state index in [0.29, 0.717) is 6.54 Å². The number of piperazine rings is 1. The molecule has 2 aliphatic rings. The molecule has 3 N–H and O–H groups in total. The van der Waals surface area contributed by atoms with Crippen LogP contribution in [-0.4, -0.2) is 72.3 Å². The summed E-state index contributed by atoms with van der Waals surface area (Å²) < 4.78 is 5.61. The van der Waals surface area contributed by atoms with Crippen molar-refractivity contribution in [3.8, 4) is 5.75 Å². The first-order chi connectivity index (χ1) is 12.6. The van der Waals surface area contributed by atoms with Gasteiger partial charge in [-0.1, -0.05) is 24.6 Å². The van der Waals surface area contributed by atoms with E-state index in [9.17, 15) is 9.90 Å². The molecule has 2 fully saturated rings. The molecule has 8 heteroatoms. The van der Waals surface area contributed by atoms with Crippen molar-refractivity contribution in [1.82, 2.24) is 9.80 Å². The number of β-amino-alcohol motifs (C(OH)–C–C–N with tert-alkyl or cyclic N) is 1. The maximum atomic E-state index is 12.7. The second-order valence-electron chi connectivity index (χ2n) is 7.53. The van der Waals surface area contributed by atoms with Gasteiger partial charge in [0.2, 0.25) is 5.91 Å². The lowest BCUT2D eigenvalue weighted by Gasteiger charge is -2.38. The molecule has 3 rings (SSSR count). The minimum Gasteiger partial charge on any atom is -0.491 e. The SMILES string of the molecule is Cl.Cl.NC1CCCC(C(=O)N2CCN(CC(O)COc3ccccc3)CC2)C1. The van der Waals surface area contributed by atoms with E-state index in [-0.39, 0.29) is 49.3 Å². The van der Waals surface area contributed by atoms with Gasteiger partial charge in [0.05, 0.1) is 0 Å². The first-order valence-electron chi connectivity index (χ1n) is 9.74. The van der Waals surface area contributed by atoms with Crippen LogP contribution in [0.25, 0.3) is 0 Å². The Balaban J connectivity index is 0.00000196. The fourth-order valence-corrected chi connectivity index (χ4v) is 3.92. The third kappa shape index (κ3) is 7.41. The number of nitrogens with two attached hydrogens (primary N) is 1. The zero-order valence-corrected chi connectivity index (χ0v) is 17.9. The van der Waals surface area contributed by atoms with E-state index < -0.39 is 6.10 Å². The summed E-state index contributed by atoms with van der Waals surface area (Å²) in [4.78, 5) is 16.9. The molecule has 0 aromatic heterocycles.